The highest BCUT2D eigenvalue weighted by atomic mass is 19.3. The molecule has 3 heterocycles. The first-order chi connectivity index (χ1) is 13.8. The molecule has 1 fully saturated rings. The van der Waals surface area contributed by atoms with Crippen molar-refractivity contribution in [3.63, 3.8) is 0 Å². The molecule has 2 aromatic heterocycles. The van der Waals surface area contributed by atoms with Crippen molar-refractivity contribution in [3.05, 3.63) is 59.7 Å². The Morgan fingerprint density at radius 3 is 2.86 bits per heavy atom. The summed E-state index contributed by atoms with van der Waals surface area (Å²) in [5.74, 6) is -4.07. The van der Waals surface area contributed by atoms with E-state index >= 15 is 0 Å². The first-order valence-corrected chi connectivity index (χ1v) is 9.12. The van der Waals surface area contributed by atoms with Gasteiger partial charge in [-0.1, -0.05) is 0 Å². The van der Waals surface area contributed by atoms with E-state index in [0.29, 0.717) is 16.8 Å². The van der Waals surface area contributed by atoms with Crippen LogP contribution in [0.4, 0.5) is 24.5 Å². The number of anilines is 2. The number of rotatable bonds is 4. The van der Waals surface area contributed by atoms with Crippen LogP contribution in [0.3, 0.4) is 0 Å². The number of carbonyl (C=O) groups excluding carboxylic acids is 1. The molecule has 1 aliphatic rings. The van der Waals surface area contributed by atoms with Gasteiger partial charge in [0.2, 0.25) is 0 Å². The third-order valence-electron chi connectivity index (χ3n) is 4.93. The molecule has 1 aliphatic heterocycles. The lowest BCUT2D eigenvalue weighted by Crippen LogP contribution is -2.26. The van der Waals surface area contributed by atoms with Gasteiger partial charge in [0.1, 0.15) is 11.4 Å². The largest absolute Gasteiger partial charge is 0.462 e. The van der Waals surface area contributed by atoms with Crippen molar-refractivity contribution >= 4 is 22.9 Å². The molecule has 6 nitrogen and oxygen atoms in total. The smallest absolute Gasteiger partial charge is 0.341 e. The first-order valence-electron chi connectivity index (χ1n) is 9.12. The van der Waals surface area contributed by atoms with Crippen molar-refractivity contribution in [2.75, 3.05) is 23.8 Å². The van der Waals surface area contributed by atoms with Gasteiger partial charge in [-0.25, -0.2) is 22.5 Å². The molecule has 3 aromatic rings. The van der Waals surface area contributed by atoms with Crippen LogP contribution in [0.15, 0.2) is 42.7 Å². The van der Waals surface area contributed by atoms with E-state index in [-0.39, 0.29) is 17.9 Å². The normalized spacial score (nSPS) is 18.3. The van der Waals surface area contributed by atoms with Crippen molar-refractivity contribution in [2.45, 2.75) is 25.3 Å². The van der Waals surface area contributed by atoms with Crippen molar-refractivity contribution in [1.29, 1.82) is 0 Å². The molecule has 2 N–H and O–H groups in total. The van der Waals surface area contributed by atoms with Gasteiger partial charge in [0.05, 0.1) is 30.9 Å². The van der Waals surface area contributed by atoms with Gasteiger partial charge in [-0.2, -0.15) is 5.10 Å². The van der Waals surface area contributed by atoms with Gasteiger partial charge in [0.25, 0.3) is 5.92 Å². The Bertz CT molecular complexity index is 1060. The molecule has 1 saturated heterocycles. The molecule has 4 rings (SSSR count). The molecule has 0 unspecified atom stereocenters. The molecule has 152 valence electrons. The van der Waals surface area contributed by atoms with Crippen LogP contribution in [-0.4, -0.2) is 34.7 Å². The molecule has 9 heteroatoms. The van der Waals surface area contributed by atoms with Crippen LogP contribution in [0.5, 0.6) is 0 Å². The molecular weight excluding hydrogens is 385 g/mol. The highest BCUT2D eigenvalue weighted by molar-refractivity contribution is 5.97. The number of pyridine rings is 1. The number of halogens is 3. The number of hydrogen-bond donors (Lipinski definition) is 1. The molecule has 1 atom stereocenters. The highest BCUT2D eigenvalue weighted by Crippen LogP contribution is 2.44. The highest BCUT2D eigenvalue weighted by Gasteiger charge is 2.46. The third-order valence-corrected chi connectivity index (χ3v) is 4.93. The number of fused-ring (bicyclic) bond motifs is 1. The number of esters is 1. The molecule has 0 saturated carbocycles. The summed E-state index contributed by atoms with van der Waals surface area (Å²) in [4.78, 5) is 13.6. The van der Waals surface area contributed by atoms with Crippen molar-refractivity contribution in [2.24, 2.45) is 0 Å². The lowest BCUT2D eigenvalue weighted by molar-refractivity contribution is 0.0222. The number of benzene rings is 1. The minimum absolute atomic E-state index is 0.172. The number of carbonyl (C=O) groups is 1. The van der Waals surface area contributed by atoms with Crippen molar-refractivity contribution in [3.8, 4) is 0 Å². The maximum absolute atomic E-state index is 14.3. The fourth-order valence-electron chi connectivity index (χ4n) is 3.73. The van der Waals surface area contributed by atoms with E-state index in [4.69, 9.17) is 10.5 Å². The van der Waals surface area contributed by atoms with Gasteiger partial charge < -0.3 is 15.4 Å². The minimum Gasteiger partial charge on any atom is -0.462 e. The summed E-state index contributed by atoms with van der Waals surface area (Å²) >= 11 is 0. The van der Waals surface area contributed by atoms with Crippen LogP contribution in [0, 0.1) is 5.82 Å². The molecule has 0 radical (unpaired) electrons. The van der Waals surface area contributed by atoms with Gasteiger partial charge in [-0.05, 0) is 42.8 Å². The summed E-state index contributed by atoms with van der Waals surface area (Å²) in [6.07, 6.45) is 2.49. The zero-order chi connectivity index (χ0) is 20.8. The monoisotopic (exact) mass is 404 g/mol. The Labute approximate surface area is 164 Å². The second-order valence-corrected chi connectivity index (χ2v) is 7.02. The molecule has 29 heavy (non-hydrogen) atoms. The van der Waals surface area contributed by atoms with E-state index < -0.39 is 36.7 Å². The Kier molecular flexibility index (Phi) is 4.60. The van der Waals surface area contributed by atoms with Gasteiger partial charge in [-0.15, -0.1) is 0 Å². The van der Waals surface area contributed by atoms with Gasteiger partial charge >= 0.3 is 5.97 Å². The number of ether oxygens (including phenoxy) is 1. The summed E-state index contributed by atoms with van der Waals surface area (Å²) in [6, 6.07) is 6.34. The zero-order valence-electron chi connectivity index (χ0n) is 15.6. The molecule has 0 amide bonds. The lowest BCUT2D eigenvalue weighted by atomic mass is 10.0. The summed E-state index contributed by atoms with van der Waals surface area (Å²) < 4.78 is 49.0. The number of aromatic nitrogens is 2. The standard InChI is InChI=1S/C20H19F3N4O2/c1-2-29-19(28)16-10-25-27-4-3-15(8-17(16)27)26-11-20(22,23)9-18(26)12-5-13(21)7-14(24)6-12/h3-8,10,18H,2,9,11,24H2,1H3/t18-/m1/s1. The van der Waals surface area contributed by atoms with Crippen LogP contribution in [-0.2, 0) is 4.74 Å². The van der Waals surface area contributed by atoms with Gasteiger partial charge in [-0.3, -0.25) is 0 Å². The maximum Gasteiger partial charge on any atom is 0.341 e. The minimum atomic E-state index is -2.96. The molecule has 1 aromatic carbocycles. The summed E-state index contributed by atoms with van der Waals surface area (Å²) in [6.45, 7) is 1.36. The lowest BCUT2D eigenvalue weighted by Gasteiger charge is -2.26. The van der Waals surface area contributed by atoms with E-state index in [1.165, 1.54) is 27.7 Å². The quantitative estimate of drug-likeness (QED) is 0.529. The van der Waals surface area contributed by atoms with E-state index in [9.17, 15) is 18.0 Å². The van der Waals surface area contributed by atoms with E-state index in [1.807, 2.05) is 0 Å². The number of hydrogen-bond acceptors (Lipinski definition) is 5. The fraction of sp³-hybridized carbons (Fsp3) is 0.300. The van der Waals surface area contributed by atoms with Crippen LogP contribution < -0.4 is 10.6 Å². The number of nitrogen functional groups attached to an aromatic ring is 1. The molecule has 0 spiro atoms. The molecule has 0 aliphatic carbocycles. The summed E-state index contributed by atoms with van der Waals surface area (Å²) in [7, 11) is 0. The van der Waals surface area contributed by atoms with Crippen molar-refractivity contribution in [1.82, 2.24) is 9.61 Å². The number of alkyl halides is 2. The number of nitrogens with two attached hydrogens (primary N) is 1. The average Bonchev–Trinajstić information content (AvgIpc) is 3.21. The van der Waals surface area contributed by atoms with Crippen LogP contribution in [0.1, 0.15) is 35.3 Å². The third kappa shape index (κ3) is 3.59. The van der Waals surface area contributed by atoms with E-state index in [2.05, 4.69) is 5.10 Å². The van der Waals surface area contributed by atoms with Gasteiger partial charge in [0, 0.05) is 24.0 Å². The summed E-state index contributed by atoms with van der Waals surface area (Å²) in [5, 5.41) is 4.10. The maximum atomic E-state index is 14.3. The van der Waals surface area contributed by atoms with Crippen LogP contribution >= 0.6 is 0 Å². The second-order valence-electron chi connectivity index (χ2n) is 7.02. The molecule has 0 bridgehead atoms. The Hall–Kier alpha value is -3.23. The van der Waals surface area contributed by atoms with Crippen LogP contribution in [0.2, 0.25) is 0 Å². The fourth-order valence-corrected chi connectivity index (χ4v) is 3.73. The Balaban J connectivity index is 1.77. The first kappa shape index (κ1) is 19.1. The predicted molar refractivity (Wildman–Crippen MR) is 102 cm³/mol. The Morgan fingerprint density at radius 2 is 2.14 bits per heavy atom. The van der Waals surface area contributed by atoms with E-state index in [1.54, 1.807) is 25.3 Å². The van der Waals surface area contributed by atoms with Crippen LogP contribution in [0.25, 0.3) is 5.52 Å². The Morgan fingerprint density at radius 1 is 1.34 bits per heavy atom. The molecular formula is C20H19F3N4O2. The zero-order valence-corrected chi connectivity index (χ0v) is 15.6. The second kappa shape index (κ2) is 6.98. The predicted octanol–water partition coefficient (Wildman–Crippen LogP) is 3.82. The topological polar surface area (TPSA) is 72.9 Å². The number of nitrogens with zero attached hydrogens (tertiary/aromatic N) is 3. The SMILES string of the molecule is CCOC(=O)c1cnn2ccc(N3CC(F)(F)C[C@@H]3c3cc(N)cc(F)c3)cc12. The average molecular weight is 404 g/mol. The van der Waals surface area contributed by atoms with E-state index in [0.717, 1.165) is 6.07 Å². The van der Waals surface area contributed by atoms with Crippen molar-refractivity contribution < 1.29 is 22.7 Å². The summed E-state index contributed by atoms with van der Waals surface area (Å²) in [5.41, 5.74) is 7.40. The van der Waals surface area contributed by atoms with Gasteiger partial charge in [0.15, 0.2) is 0 Å².